The highest BCUT2D eigenvalue weighted by atomic mass is 32.2. The second kappa shape index (κ2) is 10.4. The van der Waals surface area contributed by atoms with E-state index in [1.54, 1.807) is 11.8 Å². The Labute approximate surface area is 228 Å². The number of nitrogens with one attached hydrogen (secondary N) is 1. The second-order valence-corrected chi connectivity index (χ2v) is 11.5. The van der Waals surface area contributed by atoms with Gasteiger partial charge in [0.25, 0.3) is 0 Å². The number of anilines is 1. The van der Waals surface area contributed by atoms with E-state index in [-0.39, 0.29) is 35.3 Å². The van der Waals surface area contributed by atoms with Gasteiger partial charge in [0, 0.05) is 25.3 Å². The van der Waals surface area contributed by atoms with Crippen molar-refractivity contribution in [3.05, 3.63) is 58.1 Å². The Morgan fingerprint density at radius 3 is 2.38 bits per heavy atom. The van der Waals surface area contributed by atoms with Gasteiger partial charge >= 0.3 is 12.1 Å². The van der Waals surface area contributed by atoms with Crippen molar-refractivity contribution in [2.75, 3.05) is 12.4 Å². The molecule has 2 aliphatic rings. The standard InChI is InChI=1S/C27H31F3N6O2S/c1-14(2)19-13-39-25(35(19)4)24-34-22-20(36(24)12-16-8-10-18(11-9-16)27(28,29)30)21(32-23(33-22)26(37)38)31-15(3)17-6-5-7-17/h8-11,13-15,17,25H,5-7,12H2,1-4H3,(H,37,38)(H,31,32,33)/t15-,25?/m1/s1. The quantitative estimate of drug-likeness (QED) is 0.328. The van der Waals surface area contributed by atoms with E-state index in [1.165, 1.54) is 12.1 Å². The largest absolute Gasteiger partial charge is 0.475 e. The first kappa shape index (κ1) is 27.3. The molecule has 0 amide bonds. The van der Waals surface area contributed by atoms with Crippen LogP contribution in [0.1, 0.15) is 73.0 Å². The molecule has 0 saturated heterocycles. The van der Waals surface area contributed by atoms with Crippen molar-refractivity contribution in [1.29, 1.82) is 0 Å². The molecule has 0 bridgehead atoms. The molecule has 3 aromatic rings. The molecule has 2 N–H and O–H groups in total. The summed E-state index contributed by atoms with van der Waals surface area (Å²) in [6.45, 7) is 6.47. The molecule has 1 unspecified atom stereocenters. The van der Waals surface area contributed by atoms with Gasteiger partial charge < -0.3 is 19.9 Å². The fourth-order valence-electron chi connectivity index (χ4n) is 5.07. The van der Waals surface area contributed by atoms with Crippen molar-refractivity contribution >= 4 is 34.7 Å². The lowest BCUT2D eigenvalue weighted by Gasteiger charge is -2.32. The average molecular weight is 561 g/mol. The predicted molar refractivity (Wildman–Crippen MR) is 144 cm³/mol. The summed E-state index contributed by atoms with van der Waals surface area (Å²) in [5.74, 6) is 0.101. The number of benzene rings is 1. The molecule has 1 aliphatic carbocycles. The minimum absolute atomic E-state index is 0.0501. The smallest absolute Gasteiger partial charge is 0.416 e. The number of halogens is 3. The Morgan fingerprint density at radius 2 is 1.85 bits per heavy atom. The Morgan fingerprint density at radius 1 is 1.15 bits per heavy atom. The van der Waals surface area contributed by atoms with Crippen LogP contribution in [0.2, 0.25) is 0 Å². The fourth-order valence-corrected chi connectivity index (χ4v) is 6.39. The number of aromatic carboxylic acids is 1. The zero-order valence-corrected chi connectivity index (χ0v) is 23.0. The zero-order valence-electron chi connectivity index (χ0n) is 22.2. The molecule has 2 atom stereocenters. The third-order valence-electron chi connectivity index (χ3n) is 7.56. The maximum atomic E-state index is 13.2. The molecule has 12 heteroatoms. The third kappa shape index (κ3) is 5.30. The number of nitrogens with zero attached hydrogens (tertiary/aromatic N) is 5. The first-order valence-electron chi connectivity index (χ1n) is 13.0. The molecule has 3 heterocycles. The number of imidazole rings is 1. The van der Waals surface area contributed by atoms with E-state index in [2.05, 4.69) is 46.4 Å². The summed E-state index contributed by atoms with van der Waals surface area (Å²) in [5, 5.41) is 15.0. The molecule has 1 aliphatic heterocycles. The number of rotatable bonds is 8. The lowest BCUT2D eigenvalue weighted by molar-refractivity contribution is -0.137. The van der Waals surface area contributed by atoms with Crippen molar-refractivity contribution in [2.24, 2.45) is 11.8 Å². The van der Waals surface area contributed by atoms with Crippen molar-refractivity contribution in [3.8, 4) is 0 Å². The molecule has 0 radical (unpaired) electrons. The Hall–Kier alpha value is -3.28. The molecule has 1 aromatic carbocycles. The van der Waals surface area contributed by atoms with Crippen LogP contribution in [0.25, 0.3) is 11.2 Å². The number of allylic oxidation sites excluding steroid dienone is 1. The number of carboxylic acid groups (broad SMARTS) is 1. The maximum Gasteiger partial charge on any atom is 0.416 e. The Bertz CT molecular complexity index is 1420. The number of carboxylic acids is 1. The highest BCUT2D eigenvalue weighted by Gasteiger charge is 2.34. The third-order valence-corrected chi connectivity index (χ3v) is 8.72. The van der Waals surface area contributed by atoms with Gasteiger partial charge in [-0.05, 0) is 54.7 Å². The van der Waals surface area contributed by atoms with Crippen molar-refractivity contribution in [3.63, 3.8) is 0 Å². The molecule has 1 fully saturated rings. The average Bonchev–Trinajstić information content (AvgIpc) is 3.37. The van der Waals surface area contributed by atoms with E-state index in [1.807, 2.05) is 11.6 Å². The van der Waals surface area contributed by atoms with Crippen LogP contribution in [0.3, 0.4) is 0 Å². The van der Waals surface area contributed by atoms with E-state index >= 15 is 0 Å². The molecule has 208 valence electrons. The van der Waals surface area contributed by atoms with E-state index < -0.39 is 17.7 Å². The van der Waals surface area contributed by atoms with Crippen molar-refractivity contribution in [1.82, 2.24) is 24.4 Å². The van der Waals surface area contributed by atoms with Crippen LogP contribution in [0, 0.1) is 11.8 Å². The minimum atomic E-state index is -4.43. The number of hydrogen-bond donors (Lipinski definition) is 2. The van der Waals surface area contributed by atoms with E-state index in [9.17, 15) is 23.1 Å². The molecular formula is C27H31F3N6O2S. The van der Waals surface area contributed by atoms with Gasteiger partial charge in [0.15, 0.2) is 11.5 Å². The van der Waals surface area contributed by atoms with Crippen LogP contribution in [0.5, 0.6) is 0 Å². The maximum absolute atomic E-state index is 13.2. The highest BCUT2D eigenvalue weighted by Crippen LogP contribution is 2.44. The van der Waals surface area contributed by atoms with Crippen LogP contribution < -0.4 is 5.32 Å². The number of thioether (sulfide) groups is 1. The van der Waals surface area contributed by atoms with Gasteiger partial charge in [0.05, 0.1) is 5.56 Å². The molecule has 2 aromatic heterocycles. The summed E-state index contributed by atoms with van der Waals surface area (Å²) in [6.07, 6.45) is -1.11. The number of alkyl halides is 3. The van der Waals surface area contributed by atoms with Crippen LogP contribution in [0.15, 0.2) is 35.4 Å². The number of hydrogen-bond acceptors (Lipinski definition) is 7. The molecule has 0 spiro atoms. The summed E-state index contributed by atoms with van der Waals surface area (Å²) in [7, 11) is 1.98. The second-order valence-electron chi connectivity index (χ2n) is 10.5. The first-order chi connectivity index (χ1) is 18.4. The van der Waals surface area contributed by atoms with Crippen LogP contribution >= 0.6 is 11.8 Å². The van der Waals surface area contributed by atoms with Gasteiger partial charge in [-0.1, -0.05) is 44.2 Å². The van der Waals surface area contributed by atoms with E-state index in [4.69, 9.17) is 4.98 Å². The summed E-state index contributed by atoms with van der Waals surface area (Å²) in [6, 6.07) is 5.10. The first-order valence-corrected chi connectivity index (χ1v) is 13.9. The van der Waals surface area contributed by atoms with Crippen LogP contribution in [-0.4, -0.2) is 48.6 Å². The van der Waals surface area contributed by atoms with E-state index in [0.29, 0.717) is 28.6 Å². The predicted octanol–water partition coefficient (Wildman–Crippen LogP) is 6.37. The summed E-state index contributed by atoms with van der Waals surface area (Å²) in [4.78, 5) is 27.5. The molecule has 8 nitrogen and oxygen atoms in total. The number of fused-ring (bicyclic) bond motifs is 1. The lowest BCUT2D eigenvalue weighted by atomic mass is 9.80. The van der Waals surface area contributed by atoms with Gasteiger partial charge in [-0.2, -0.15) is 13.2 Å². The number of aromatic nitrogens is 4. The van der Waals surface area contributed by atoms with Crippen LogP contribution in [-0.2, 0) is 12.7 Å². The molecular weight excluding hydrogens is 529 g/mol. The van der Waals surface area contributed by atoms with Gasteiger partial charge in [-0.15, -0.1) is 0 Å². The van der Waals surface area contributed by atoms with Gasteiger partial charge in [-0.25, -0.2) is 19.7 Å². The minimum Gasteiger partial charge on any atom is -0.475 e. The monoisotopic (exact) mass is 560 g/mol. The van der Waals surface area contributed by atoms with E-state index in [0.717, 1.165) is 37.1 Å². The van der Waals surface area contributed by atoms with Crippen molar-refractivity contribution < 1.29 is 23.1 Å². The topological polar surface area (TPSA) is 96.2 Å². The molecule has 39 heavy (non-hydrogen) atoms. The van der Waals surface area contributed by atoms with Gasteiger partial charge in [-0.3, -0.25) is 0 Å². The normalized spacial score (nSPS) is 18.9. The van der Waals surface area contributed by atoms with Crippen molar-refractivity contribution in [2.45, 2.75) is 64.2 Å². The molecule has 5 rings (SSSR count). The van der Waals surface area contributed by atoms with Gasteiger partial charge in [0.2, 0.25) is 5.82 Å². The SMILES string of the molecule is CC(C)C1=CSC(c2nc3nc(C(=O)O)nc(N[C@H](C)C4CCC4)c3n2Cc2ccc(C(F)(F)F)cc2)N1C. The summed E-state index contributed by atoms with van der Waals surface area (Å²) in [5.41, 5.74) is 1.83. The zero-order chi connectivity index (χ0) is 28.1. The fraction of sp³-hybridized carbons (Fsp3) is 0.481. The van der Waals surface area contributed by atoms with Crippen LogP contribution in [0.4, 0.5) is 19.0 Å². The van der Waals surface area contributed by atoms with Gasteiger partial charge in [0.1, 0.15) is 16.7 Å². The lowest BCUT2D eigenvalue weighted by Crippen LogP contribution is -2.31. The Kier molecular flexibility index (Phi) is 7.25. The summed E-state index contributed by atoms with van der Waals surface area (Å²) >= 11 is 1.58. The summed E-state index contributed by atoms with van der Waals surface area (Å²) < 4.78 is 41.5. The molecule has 1 saturated carbocycles. The number of carbonyl (C=O) groups is 1. The Balaban J connectivity index is 1.64. The highest BCUT2D eigenvalue weighted by molar-refractivity contribution is 8.02.